The standard InChI is InChI=1S/C13H18INO2/c1-13(2,3)17-12(16)11(15)8-9-6-4-5-7-10(9)14/h4-7,11H,8,15H2,1-3H3/t11-/m0/s1. The predicted octanol–water partition coefficient (Wildman–Crippen LogP) is 2.50. The Morgan fingerprint density at radius 2 is 2.00 bits per heavy atom. The number of ether oxygens (including phenoxy) is 1. The molecule has 0 aliphatic carbocycles. The summed E-state index contributed by atoms with van der Waals surface area (Å²) in [4.78, 5) is 11.7. The van der Waals surface area contributed by atoms with Crippen LogP contribution in [0.15, 0.2) is 24.3 Å². The van der Waals surface area contributed by atoms with Crippen LogP contribution in [-0.4, -0.2) is 17.6 Å². The fraction of sp³-hybridized carbons (Fsp3) is 0.462. The summed E-state index contributed by atoms with van der Waals surface area (Å²) in [5.41, 5.74) is 6.44. The van der Waals surface area contributed by atoms with Crippen LogP contribution in [0.4, 0.5) is 0 Å². The van der Waals surface area contributed by atoms with Crippen molar-refractivity contribution in [1.82, 2.24) is 0 Å². The van der Waals surface area contributed by atoms with Gasteiger partial charge in [-0.3, -0.25) is 4.79 Å². The van der Waals surface area contributed by atoms with Gasteiger partial charge in [0.05, 0.1) is 0 Å². The van der Waals surface area contributed by atoms with Gasteiger partial charge in [-0.15, -0.1) is 0 Å². The summed E-state index contributed by atoms with van der Waals surface area (Å²) in [6.45, 7) is 5.51. The molecule has 1 aromatic carbocycles. The molecule has 0 aliphatic rings. The molecular weight excluding hydrogens is 329 g/mol. The van der Waals surface area contributed by atoms with Crippen molar-refractivity contribution in [2.24, 2.45) is 5.73 Å². The molecule has 0 aliphatic heterocycles. The van der Waals surface area contributed by atoms with E-state index in [1.54, 1.807) is 0 Å². The molecule has 17 heavy (non-hydrogen) atoms. The topological polar surface area (TPSA) is 52.3 Å². The number of carbonyl (C=O) groups excluding carboxylic acids is 1. The van der Waals surface area contributed by atoms with Crippen molar-refractivity contribution in [3.8, 4) is 0 Å². The van der Waals surface area contributed by atoms with Gasteiger partial charge in [0.2, 0.25) is 0 Å². The summed E-state index contributed by atoms with van der Waals surface area (Å²) in [6, 6.07) is 7.28. The van der Waals surface area contributed by atoms with E-state index in [0.29, 0.717) is 6.42 Å². The smallest absolute Gasteiger partial charge is 0.323 e. The highest BCUT2D eigenvalue weighted by Crippen LogP contribution is 2.15. The largest absolute Gasteiger partial charge is 0.459 e. The monoisotopic (exact) mass is 347 g/mol. The van der Waals surface area contributed by atoms with Crippen LogP contribution in [0.1, 0.15) is 26.3 Å². The third-order valence-electron chi connectivity index (χ3n) is 2.11. The third kappa shape index (κ3) is 5.04. The van der Waals surface area contributed by atoms with E-state index in [4.69, 9.17) is 10.5 Å². The van der Waals surface area contributed by atoms with Crippen molar-refractivity contribution in [2.45, 2.75) is 38.8 Å². The minimum Gasteiger partial charge on any atom is -0.459 e. The zero-order valence-electron chi connectivity index (χ0n) is 10.4. The first-order valence-corrected chi connectivity index (χ1v) is 6.59. The molecule has 0 spiro atoms. The molecule has 1 rings (SSSR count). The highest BCUT2D eigenvalue weighted by atomic mass is 127. The van der Waals surface area contributed by atoms with Gasteiger partial charge in [-0.25, -0.2) is 0 Å². The van der Waals surface area contributed by atoms with E-state index in [-0.39, 0.29) is 5.97 Å². The zero-order chi connectivity index (χ0) is 13.1. The van der Waals surface area contributed by atoms with Gasteiger partial charge < -0.3 is 10.5 Å². The van der Waals surface area contributed by atoms with Gasteiger partial charge in [-0.1, -0.05) is 18.2 Å². The maximum absolute atomic E-state index is 11.7. The lowest BCUT2D eigenvalue weighted by Gasteiger charge is -2.22. The van der Waals surface area contributed by atoms with Crippen molar-refractivity contribution < 1.29 is 9.53 Å². The van der Waals surface area contributed by atoms with E-state index in [0.717, 1.165) is 9.13 Å². The highest BCUT2D eigenvalue weighted by Gasteiger charge is 2.22. The first kappa shape index (κ1) is 14.4. The van der Waals surface area contributed by atoms with Gasteiger partial charge in [0.25, 0.3) is 0 Å². The molecule has 0 heterocycles. The van der Waals surface area contributed by atoms with Gasteiger partial charge in [0.15, 0.2) is 0 Å². The van der Waals surface area contributed by atoms with Crippen LogP contribution in [0.5, 0.6) is 0 Å². The fourth-order valence-corrected chi connectivity index (χ4v) is 1.97. The van der Waals surface area contributed by atoms with Crippen LogP contribution < -0.4 is 5.73 Å². The normalized spacial score (nSPS) is 13.2. The average Bonchev–Trinajstić information content (AvgIpc) is 2.18. The maximum atomic E-state index is 11.7. The van der Waals surface area contributed by atoms with E-state index >= 15 is 0 Å². The molecule has 0 amide bonds. The summed E-state index contributed by atoms with van der Waals surface area (Å²) < 4.78 is 6.36. The number of nitrogens with two attached hydrogens (primary N) is 1. The Morgan fingerprint density at radius 1 is 1.41 bits per heavy atom. The van der Waals surface area contributed by atoms with Crippen LogP contribution in [0.3, 0.4) is 0 Å². The van der Waals surface area contributed by atoms with Crippen molar-refractivity contribution in [3.05, 3.63) is 33.4 Å². The summed E-state index contributed by atoms with van der Waals surface area (Å²) >= 11 is 2.24. The van der Waals surface area contributed by atoms with Crippen LogP contribution in [0.2, 0.25) is 0 Å². The fourth-order valence-electron chi connectivity index (χ4n) is 1.36. The maximum Gasteiger partial charge on any atom is 0.323 e. The number of hydrogen-bond acceptors (Lipinski definition) is 3. The zero-order valence-corrected chi connectivity index (χ0v) is 12.5. The number of halogens is 1. The number of hydrogen-bond donors (Lipinski definition) is 1. The lowest BCUT2D eigenvalue weighted by molar-refractivity contribution is -0.156. The second kappa shape index (κ2) is 5.82. The second-order valence-corrected chi connectivity index (χ2v) is 6.10. The van der Waals surface area contributed by atoms with E-state index in [1.165, 1.54) is 0 Å². The van der Waals surface area contributed by atoms with Gasteiger partial charge in [-0.05, 0) is 61.4 Å². The van der Waals surface area contributed by atoms with Crippen LogP contribution in [-0.2, 0) is 16.0 Å². The second-order valence-electron chi connectivity index (χ2n) is 4.94. The Labute approximate surface area is 116 Å². The van der Waals surface area contributed by atoms with Crippen molar-refractivity contribution in [1.29, 1.82) is 0 Å². The van der Waals surface area contributed by atoms with Crippen molar-refractivity contribution in [2.75, 3.05) is 0 Å². The first-order chi connectivity index (χ1) is 7.79. The van der Waals surface area contributed by atoms with E-state index in [1.807, 2.05) is 45.0 Å². The SMILES string of the molecule is CC(C)(C)OC(=O)[C@@H](N)Cc1ccccc1I. The minimum atomic E-state index is -0.606. The Hall–Kier alpha value is -0.620. The molecule has 2 N–H and O–H groups in total. The molecule has 0 saturated heterocycles. The summed E-state index contributed by atoms with van der Waals surface area (Å²) in [7, 11) is 0. The molecule has 0 fully saturated rings. The molecule has 0 bridgehead atoms. The molecule has 0 aromatic heterocycles. The Balaban J connectivity index is 2.64. The number of carbonyl (C=O) groups is 1. The van der Waals surface area contributed by atoms with E-state index in [9.17, 15) is 4.79 Å². The molecule has 1 aromatic rings. The molecule has 94 valence electrons. The van der Waals surface area contributed by atoms with Crippen LogP contribution >= 0.6 is 22.6 Å². The van der Waals surface area contributed by atoms with Gasteiger partial charge in [0.1, 0.15) is 11.6 Å². The summed E-state index contributed by atoms with van der Waals surface area (Å²) in [5, 5.41) is 0. The van der Waals surface area contributed by atoms with Crippen molar-refractivity contribution >= 4 is 28.6 Å². The van der Waals surface area contributed by atoms with Gasteiger partial charge in [0, 0.05) is 3.57 Å². The lowest BCUT2D eigenvalue weighted by atomic mass is 10.1. The molecule has 4 heteroatoms. The quantitative estimate of drug-likeness (QED) is 0.675. The Kier molecular flexibility index (Phi) is 4.94. The Bertz CT molecular complexity index is 399. The molecule has 1 atom stereocenters. The number of rotatable bonds is 3. The highest BCUT2D eigenvalue weighted by molar-refractivity contribution is 14.1. The summed E-state index contributed by atoms with van der Waals surface area (Å²) in [5.74, 6) is -0.350. The molecular formula is C13H18INO2. The van der Waals surface area contributed by atoms with Gasteiger partial charge >= 0.3 is 5.97 Å². The lowest BCUT2D eigenvalue weighted by Crippen LogP contribution is -2.38. The van der Waals surface area contributed by atoms with E-state index in [2.05, 4.69) is 22.6 Å². The predicted molar refractivity (Wildman–Crippen MR) is 76.7 cm³/mol. The van der Waals surface area contributed by atoms with Crippen LogP contribution in [0, 0.1) is 3.57 Å². The third-order valence-corrected chi connectivity index (χ3v) is 3.16. The minimum absolute atomic E-state index is 0.350. The molecule has 0 unspecified atom stereocenters. The number of benzene rings is 1. The molecule has 0 radical (unpaired) electrons. The number of esters is 1. The van der Waals surface area contributed by atoms with Crippen molar-refractivity contribution in [3.63, 3.8) is 0 Å². The Morgan fingerprint density at radius 3 is 2.53 bits per heavy atom. The average molecular weight is 347 g/mol. The van der Waals surface area contributed by atoms with Gasteiger partial charge in [-0.2, -0.15) is 0 Å². The summed E-state index contributed by atoms with van der Waals surface area (Å²) in [6.07, 6.45) is 0.508. The van der Waals surface area contributed by atoms with E-state index < -0.39 is 11.6 Å². The molecule has 3 nitrogen and oxygen atoms in total. The molecule has 0 saturated carbocycles. The van der Waals surface area contributed by atoms with Crippen LogP contribution in [0.25, 0.3) is 0 Å². The first-order valence-electron chi connectivity index (χ1n) is 5.51.